The van der Waals surface area contributed by atoms with Gasteiger partial charge in [0.25, 0.3) is 11.5 Å². The van der Waals surface area contributed by atoms with Crippen molar-refractivity contribution >= 4 is 5.91 Å². The van der Waals surface area contributed by atoms with E-state index in [0.29, 0.717) is 12.6 Å². The van der Waals surface area contributed by atoms with Crippen LogP contribution in [0.3, 0.4) is 0 Å². The van der Waals surface area contributed by atoms with Crippen molar-refractivity contribution in [3.63, 3.8) is 0 Å². The third-order valence-electron chi connectivity index (χ3n) is 2.85. The van der Waals surface area contributed by atoms with E-state index in [2.05, 4.69) is 20.8 Å². The lowest BCUT2D eigenvalue weighted by Crippen LogP contribution is -2.31. The standard InChI is InChI=1S/C11H16N4O2/c16-10-4-3-9(14-15-10)11(17)13-7-5-8-2-1-6-12-8/h3-4,8,12H,1-2,5-7H2,(H,13,17)(H,15,16)/t8-/m1/s1. The molecule has 1 saturated heterocycles. The molecule has 1 aliphatic rings. The second-order valence-electron chi connectivity index (χ2n) is 4.14. The fourth-order valence-corrected chi connectivity index (χ4v) is 1.92. The summed E-state index contributed by atoms with van der Waals surface area (Å²) in [7, 11) is 0. The van der Waals surface area contributed by atoms with Crippen molar-refractivity contribution in [3.05, 3.63) is 28.2 Å². The number of carbonyl (C=O) groups is 1. The monoisotopic (exact) mass is 236 g/mol. The highest BCUT2D eigenvalue weighted by Gasteiger charge is 2.14. The van der Waals surface area contributed by atoms with Gasteiger partial charge in [-0.2, -0.15) is 5.10 Å². The highest BCUT2D eigenvalue weighted by Crippen LogP contribution is 2.07. The van der Waals surface area contributed by atoms with E-state index in [9.17, 15) is 9.59 Å². The summed E-state index contributed by atoms with van der Waals surface area (Å²) in [5.41, 5.74) is -0.0688. The average molecular weight is 236 g/mol. The number of rotatable bonds is 4. The highest BCUT2D eigenvalue weighted by molar-refractivity contribution is 5.91. The molecule has 1 amide bonds. The van der Waals surface area contributed by atoms with Crippen LogP contribution >= 0.6 is 0 Å². The van der Waals surface area contributed by atoms with Crippen LogP contribution in [0.15, 0.2) is 16.9 Å². The molecule has 0 radical (unpaired) electrons. The van der Waals surface area contributed by atoms with Gasteiger partial charge in [-0.25, -0.2) is 5.10 Å². The van der Waals surface area contributed by atoms with E-state index in [1.165, 1.54) is 25.0 Å². The zero-order valence-electron chi connectivity index (χ0n) is 9.53. The van der Waals surface area contributed by atoms with Crippen LogP contribution in [0.5, 0.6) is 0 Å². The molecule has 2 heterocycles. The molecule has 3 N–H and O–H groups in total. The number of hydrogen-bond acceptors (Lipinski definition) is 4. The summed E-state index contributed by atoms with van der Waals surface area (Å²) in [4.78, 5) is 22.4. The van der Waals surface area contributed by atoms with Crippen molar-refractivity contribution in [1.29, 1.82) is 0 Å². The summed E-state index contributed by atoms with van der Waals surface area (Å²) in [6.07, 6.45) is 3.31. The number of nitrogens with one attached hydrogen (secondary N) is 3. The van der Waals surface area contributed by atoms with Gasteiger partial charge in [-0.1, -0.05) is 0 Å². The maximum Gasteiger partial charge on any atom is 0.271 e. The van der Waals surface area contributed by atoms with Gasteiger partial charge in [-0.05, 0) is 31.9 Å². The quantitative estimate of drug-likeness (QED) is 0.666. The number of amides is 1. The lowest BCUT2D eigenvalue weighted by Gasteiger charge is -2.10. The van der Waals surface area contributed by atoms with E-state index in [1.807, 2.05) is 0 Å². The van der Waals surface area contributed by atoms with E-state index in [-0.39, 0.29) is 17.2 Å². The molecule has 1 aromatic heterocycles. The van der Waals surface area contributed by atoms with Crippen LogP contribution in [0, 0.1) is 0 Å². The molecule has 0 aromatic carbocycles. The molecule has 0 aliphatic carbocycles. The number of nitrogens with zero attached hydrogens (tertiary/aromatic N) is 1. The van der Waals surface area contributed by atoms with Crippen molar-refractivity contribution in [3.8, 4) is 0 Å². The lowest BCUT2D eigenvalue weighted by atomic mass is 10.1. The Morgan fingerprint density at radius 2 is 2.41 bits per heavy atom. The number of aromatic nitrogens is 2. The first kappa shape index (κ1) is 11.8. The minimum absolute atomic E-state index is 0.240. The summed E-state index contributed by atoms with van der Waals surface area (Å²) in [6.45, 7) is 1.69. The summed E-state index contributed by atoms with van der Waals surface area (Å²) in [6, 6.07) is 3.22. The largest absolute Gasteiger partial charge is 0.351 e. The molecule has 1 aliphatic heterocycles. The van der Waals surface area contributed by atoms with Crippen LogP contribution in [0.25, 0.3) is 0 Å². The van der Waals surface area contributed by atoms with Crippen LogP contribution in [-0.2, 0) is 0 Å². The molecule has 1 aromatic rings. The maximum atomic E-state index is 11.6. The van der Waals surface area contributed by atoms with E-state index in [1.54, 1.807) is 0 Å². The van der Waals surface area contributed by atoms with Gasteiger partial charge in [-0.15, -0.1) is 0 Å². The maximum absolute atomic E-state index is 11.6. The molecule has 1 fully saturated rings. The highest BCUT2D eigenvalue weighted by atomic mass is 16.2. The van der Waals surface area contributed by atoms with E-state index in [4.69, 9.17) is 0 Å². The second-order valence-corrected chi connectivity index (χ2v) is 4.14. The van der Waals surface area contributed by atoms with E-state index in [0.717, 1.165) is 13.0 Å². The van der Waals surface area contributed by atoms with Gasteiger partial charge in [-0.3, -0.25) is 9.59 Å². The number of hydrogen-bond donors (Lipinski definition) is 3. The van der Waals surface area contributed by atoms with Gasteiger partial charge in [0.2, 0.25) is 0 Å². The normalized spacial score (nSPS) is 19.2. The van der Waals surface area contributed by atoms with E-state index < -0.39 is 0 Å². The fraction of sp³-hybridized carbons (Fsp3) is 0.545. The molecular weight excluding hydrogens is 220 g/mol. The number of carbonyl (C=O) groups excluding carboxylic acids is 1. The Morgan fingerprint density at radius 3 is 3.06 bits per heavy atom. The molecular formula is C11H16N4O2. The zero-order valence-corrected chi connectivity index (χ0v) is 9.53. The smallest absolute Gasteiger partial charge is 0.271 e. The predicted molar refractivity (Wildman–Crippen MR) is 62.8 cm³/mol. The molecule has 0 spiro atoms. The van der Waals surface area contributed by atoms with Crippen molar-refractivity contribution in [2.75, 3.05) is 13.1 Å². The van der Waals surface area contributed by atoms with Gasteiger partial charge in [0.05, 0.1) is 0 Å². The van der Waals surface area contributed by atoms with Gasteiger partial charge in [0.15, 0.2) is 0 Å². The third kappa shape index (κ3) is 3.39. The van der Waals surface area contributed by atoms with Crippen LogP contribution in [0.4, 0.5) is 0 Å². The Hall–Kier alpha value is -1.69. The van der Waals surface area contributed by atoms with Gasteiger partial charge in [0.1, 0.15) is 5.69 Å². The Kier molecular flexibility index (Phi) is 3.87. The molecule has 0 unspecified atom stereocenters. The predicted octanol–water partition coefficient (Wildman–Crippen LogP) is -0.358. The number of aromatic amines is 1. The van der Waals surface area contributed by atoms with Crippen LogP contribution < -0.4 is 16.2 Å². The molecule has 0 bridgehead atoms. The summed E-state index contributed by atoms with van der Waals surface area (Å²) >= 11 is 0. The first-order valence-corrected chi connectivity index (χ1v) is 5.83. The topological polar surface area (TPSA) is 86.9 Å². The molecule has 17 heavy (non-hydrogen) atoms. The first-order valence-electron chi connectivity index (χ1n) is 5.83. The van der Waals surface area contributed by atoms with Crippen molar-refractivity contribution in [2.45, 2.75) is 25.3 Å². The molecule has 2 rings (SSSR count). The molecule has 6 nitrogen and oxygen atoms in total. The van der Waals surface area contributed by atoms with Gasteiger partial charge >= 0.3 is 0 Å². The van der Waals surface area contributed by atoms with Crippen LogP contribution in [0.2, 0.25) is 0 Å². The minimum Gasteiger partial charge on any atom is -0.351 e. The Labute approximate surface area is 98.8 Å². The van der Waals surface area contributed by atoms with Crippen molar-refractivity contribution < 1.29 is 4.79 Å². The first-order chi connectivity index (χ1) is 8.25. The summed E-state index contributed by atoms with van der Waals surface area (Å²) in [5, 5.41) is 12.0. The number of H-pyrrole nitrogens is 1. The van der Waals surface area contributed by atoms with Gasteiger partial charge in [0, 0.05) is 18.7 Å². The molecule has 6 heteroatoms. The van der Waals surface area contributed by atoms with Crippen LogP contribution in [0.1, 0.15) is 29.8 Å². The molecule has 0 saturated carbocycles. The minimum atomic E-state index is -0.309. The fourth-order valence-electron chi connectivity index (χ4n) is 1.92. The SMILES string of the molecule is O=C(NCC[C@H]1CCCN1)c1ccc(=O)[nH]n1. The zero-order chi connectivity index (χ0) is 12.1. The second kappa shape index (κ2) is 5.58. The summed E-state index contributed by atoms with van der Waals surface area (Å²) in [5.74, 6) is -0.251. The van der Waals surface area contributed by atoms with Crippen molar-refractivity contribution in [1.82, 2.24) is 20.8 Å². The third-order valence-corrected chi connectivity index (χ3v) is 2.85. The van der Waals surface area contributed by atoms with Crippen molar-refractivity contribution in [2.24, 2.45) is 0 Å². The van der Waals surface area contributed by atoms with Crippen LogP contribution in [-0.4, -0.2) is 35.2 Å². The Bertz CT molecular complexity index is 417. The van der Waals surface area contributed by atoms with E-state index >= 15 is 0 Å². The lowest BCUT2D eigenvalue weighted by molar-refractivity contribution is 0.0946. The molecule has 1 atom stereocenters. The van der Waals surface area contributed by atoms with Gasteiger partial charge < -0.3 is 10.6 Å². The average Bonchev–Trinajstić information content (AvgIpc) is 2.83. The summed E-state index contributed by atoms with van der Waals surface area (Å²) < 4.78 is 0. The Balaban J connectivity index is 1.76. The Morgan fingerprint density at radius 1 is 1.53 bits per heavy atom. The molecule has 92 valence electrons.